The highest BCUT2D eigenvalue weighted by atomic mass is 15.3. The van der Waals surface area contributed by atoms with Crippen molar-refractivity contribution in [1.82, 2.24) is 20.7 Å². The molecule has 1 unspecified atom stereocenters. The molecule has 2 aromatic rings. The van der Waals surface area contributed by atoms with Crippen LogP contribution in [0, 0.1) is 0 Å². The van der Waals surface area contributed by atoms with Gasteiger partial charge in [-0.25, -0.2) is 0 Å². The van der Waals surface area contributed by atoms with E-state index in [0.29, 0.717) is 6.04 Å². The van der Waals surface area contributed by atoms with Gasteiger partial charge in [0.05, 0.1) is 0 Å². The summed E-state index contributed by atoms with van der Waals surface area (Å²) < 4.78 is 0. The fourth-order valence-electron chi connectivity index (χ4n) is 1.64. The highest BCUT2D eigenvalue weighted by Crippen LogP contribution is 2.10. The zero-order valence-electron chi connectivity index (χ0n) is 9.40. The van der Waals surface area contributed by atoms with Crippen molar-refractivity contribution in [2.75, 3.05) is 6.54 Å². The molecule has 0 spiro atoms. The van der Waals surface area contributed by atoms with Gasteiger partial charge in [-0.1, -0.05) is 6.07 Å². The molecular weight excluding hydrogens is 202 g/mol. The van der Waals surface area contributed by atoms with E-state index in [-0.39, 0.29) is 0 Å². The average Bonchev–Trinajstić information content (AvgIpc) is 2.74. The molecule has 1 heterocycles. The first-order valence-electron chi connectivity index (χ1n) is 5.52. The molecule has 4 N–H and O–H groups in total. The summed E-state index contributed by atoms with van der Waals surface area (Å²) in [6.07, 6.45) is 0.992. The molecule has 5 nitrogen and oxygen atoms in total. The Balaban J connectivity index is 1.98. The van der Waals surface area contributed by atoms with Crippen molar-refractivity contribution in [3.8, 4) is 0 Å². The standard InChI is InChI=1S/C11H17N5/c1-8(4-5-12)13-7-9-2-3-10-11(6-9)15-16-14-10/h2-3,6,8,13H,4-5,7,12H2,1H3,(H,14,15,16). The number of fused-ring (bicyclic) bond motifs is 1. The largest absolute Gasteiger partial charge is 0.330 e. The Morgan fingerprint density at radius 2 is 2.19 bits per heavy atom. The Hall–Kier alpha value is -1.46. The third-order valence-corrected chi connectivity index (χ3v) is 2.64. The van der Waals surface area contributed by atoms with Gasteiger partial charge in [-0.15, -0.1) is 0 Å². The van der Waals surface area contributed by atoms with Crippen LogP contribution in [-0.2, 0) is 6.54 Å². The smallest absolute Gasteiger partial charge is 0.113 e. The summed E-state index contributed by atoms with van der Waals surface area (Å²) in [6, 6.07) is 6.52. The topological polar surface area (TPSA) is 79.6 Å². The summed E-state index contributed by atoms with van der Waals surface area (Å²) in [7, 11) is 0. The van der Waals surface area contributed by atoms with E-state index in [1.807, 2.05) is 12.1 Å². The van der Waals surface area contributed by atoms with E-state index >= 15 is 0 Å². The molecule has 0 radical (unpaired) electrons. The average molecular weight is 219 g/mol. The van der Waals surface area contributed by atoms with E-state index in [1.165, 1.54) is 5.56 Å². The van der Waals surface area contributed by atoms with Crippen molar-refractivity contribution in [1.29, 1.82) is 0 Å². The molecule has 0 aliphatic rings. The number of nitrogens with one attached hydrogen (secondary N) is 2. The number of aromatic amines is 1. The molecule has 5 heteroatoms. The molecule has 1 aromatic heterocycles. The van der Waals surface area contributed by atoms with Crippen LogP contribution in [0.15, 0.2) is 18.2 Å². The normalized spacial score (nSPS) is 13.1. The molecule has 86 valence electrons. The van der Waals surface area contributed by atoms with Gasteiger partial charge in [-0.2, -0.15) is 15.4 Å². The lowest BCUT2D eigenvalue weighted by atomic mass is 10.1. The van der Waals surface area contributed by atoms with Crippen molar-refractivity contribution in [3.05, 3.63) is 23.8 Å². The van der Waals surface area contributed by atoms with Crippen molar-refractivity contribution < 1.29 is 0 Å². The maximum atomic E-state index is 5.50. The van der Waals surface area contributed by atoms with Crippen LogP contribution in [0.3, 0.4) is 0 Å². The minimum absolute atomic E-state index is 0.443. The molecule has 0 saturated heterocycles. The predicted molar refractivity (Wildman–Crippen MR) is 63.9 cm³/mol. The molecule has 1 atom stereocenters. The predicted octanol–water partition coefficient (Wildman–Crippen LogP) is 0.785. The summed E-state index contributed by atoms with van der Waals surface area (Å²) in [5, 5.41) is 14.1. The van der Waals surface area contributed by atoms with Gasteiger partial charge in [0.1, 0.15) is 11.0 Å². The Morgan fingerprint density at radius 3 is 3.00 bits per heavy atom. The first kappa shape index (κ1) is 11.0. The number of H-pyrrole nitrogens is 1. The van der Waals surface area contributed by atoms with Gasteiger partial charge in [0.25, 0.3) is 0 Å². The lowest BCUT2D eigenvalue weighted by molar-refractivity contribution is 0.520. The van der Waals surface area contributed by atoms with Crippen LogP contribution in [-0.4, -0.2) is 28.0 Å². The zero-order valence-corrected chi connectivity index (χ0v) is 9.40. The Bertz CT molecular complexity index is 450. The number of hydrogen-bond donors (Lipinski definition) is 3. The van der Waals surface area contributed by atoms with Crippen molar-refractivity contribution in [2.24, 2.45) is 5.73 Å². The Kier molecular flexibility index (Phi) is 3.48. The second-order valence-electron chi connectivity index (χ2n) is 4.01. The van der Waals surface area contributed by atoms with E-state index < -0.39 is 0 Å². The SMILES string of the molecule is CC(CCN)NCc1ccc2n[nH]nc2c1. The molecule has 0 fully saturated rings. The number of rotatable bonds is 5. The maximum absolute atomic E-state index is 5.50. The van der Waals surface area contributed by atoms with Crippen LogP contribution in [0.1, 0.15) is 18.9 Å². The first-order valence-corrected chi connectivity index (χ1v) is 5.52. The molecular formula is C11H17N5. The van der Waals surface area contributed by atoms with Gasteiger partial charge in [0.15, 0.2) is 0 Å². The molecule has 0 aliphatic heterocycles. The monoisotopic (exact) mass is 219 g/mol. The number of nitrogens with two attached hydrogens (primary N) is 1. The number of benzene rings is 1. The Labute approximate surface area is 94.4 Å². The van der Waals surface area contributed by atoms with Crippen molar-refractivity contribution >= 4 is 11.0 Å². The summed E-state index contributed by atoms with van der Waals surface area (Å²) in [4.78, 5) is 0. The molecule has 0 aliphatic carbocycles. The van der Waals surface area contributed by atoms with Crippen LogP contribution in [0.2, 0.25) is 0 Å². The van der Waals surface area contributed by atoms with E-state index in [9.17, 15) is 0 Å². The molecule has 1 aromatic carbocycles. The lowest BCUT2D eigenvalue weighted by Gasteiger charge is -2.12. The molecule has 0 bridgehead atoms. The fourth-order valence-corrected chi connectivity index (χ4v) is 1.64. The third-order valence-electron chi connectivity index (χ3n) is 2.64. The number of hydrogen-bond acceptors (Lipinski definition) is 4. The minimum atomic E-state index is 0.443. The highest BCUT2D eigenvalue weighted by Gasteiger charge is 2.02. The molecule has 2 rings (SSSR count). The van der Waals surface area contributed by atoms with Crippen molar-refractivity contribution in [3.63, 3.8) is 0 Å². The van der Waals surface area contributed by atoms with E-state index in [2.05, 4.69) is 33.7 Å². The van der Waals surface area contributed by atoms with Gasteiger partial charge in [0, 0.05) is 12.6 Å². The fraction of sp³-hybridized carbons (Fsp3) is 0.455. The summed E-state index contributed by atoms with van der Waals surface area (Å²) in [5.74, 6) is 0. The number of aromatic nitrogens is 3. The van der Waals surface area contributed by atoms with Crippen molar-refractivity contribution in [2.45, 2.75) is 25.9 Å². The van der Waals surface area contributed by atoms with E-state index in [0.717, 1.165) is 30.5 Å². The zero-order chi connectivity index (χ0) is 11.4. The minimum Gasteiger partial charge on any atom is -0.330 e. The Morgan fingerprint density at radius 1 is 1.38 bits per heavy atom. The first-order chi connectivity index (χ1) is 7.79. The summed E-state index contributed by atoms with van der Waals surface area (Å²) >= 11 is 0. The quantitative estimate of drug-likeness (QED) is 0.694. The van der Waals surface area contributed by atoms with Gasteiger partial charge in [0.2, 0.25) is 0 Å². The van der Waals surface area contributed by atoms with Crippen LogP contribution in [0.4, 0.5) is 0 Å². The summed E-state index contributed by atoms with van der Waals surface area (Å²) in [5.41, 5.74) is 8.52. The number of nitrogens with zero attached hydrogens (tertiary/aromatic N) is 2. The van der Waals surface area contributed by atoms with Gasteiger partial charge < -0.3 is 11.1 Å². The third kappa shape index (κ3) is 2.56. The molecule has 0 saturated carbocycles. The van der Waals surface area contributed by atoms with Gasteiger partial charge in [-0.3, -0.25) is 0 Å². The van der Waals surface area contributed by atoms with Gasteiger partial charge >= 0.3 is 0 Å². The van der Waals surface area contributed by atoms with Crippen LogP contribution >= 0.6 is 0 Å². The van der Waals surface area contributed by atoms with Crippen LogP contribution < -0.4 is 11.1 Å². The highest BCUT2D eigenvalue weighted by molar-refractivity contribution is 5.74. The second kappa shape index (κ2) is 5.05. The summed E-state index contributed by atoms with van der Waals surface area (Å²) in [6.45, 7) is 3.70. The maximum Gasteiger partial charge on any atom is 0.113 e. The molecule has 16 heavy (non-hydrogen) atoms. The second-order valence-corrected chi connectivity index (χ2v) is 4.01. The molecule has 0 amide bonds. The van der Waals surface area contributed by atoms with E-state index in [4.69, 9.17) is 5.73 Å². The van der Waals surface area contributed by atoms with Crippen LogP contribution in [0.25, 0.3) is 11.0 Å². The van der Waals surface area contributed by atoms with E-state index in [1.54, 1.807) is 0 Å². The lowest BCUT2D eigenvalue weighted by Crippen LogP contribution is -2.27. The van der Waals surface area contributed by atoms with Crippen LogP contribution in [0.5, 0.6) is 0 Å². The van der Waals surface area contributed by atoms with Gasteiger partial charge in [-0.05, 0) is 37.6 Å².